The van der Waals surface area contributed by atoms with E-state index in [1.165, 1.54) is 64.2 Å². The third-order valence-corrected chi connectivity index (χ3v) is 6.28. The molecule has 0 aromatic rings. The van der Waals surface area contributed by atoms with Crippen molar-refractivity contribution in [1.82, 2.24) is 0 Å². The van der Waals surface area contributed by atoms with Gasteiger partial charge < -0.3 is 19.8 Å². The van der Waals surface area contributed by atoms with Crippen LogP contribution in [0.1, 0.15) is 110 Å². The minimum absolute atomic E-state index is 0.0751. The molecule has 0 saturated carbocycles. The molecule has 7 nitrogen and oxygen atoms in total. The van der Waals surface area contributed by atoms with Crippen LogP contribution in [0.4, 0.5) is 0 Å². The van der Waals surface area contributed by atoms with Gasteiger partial charge in [-0.15, -0.1) is 0 Å². The van der Waals surface area contributed by atoms with Crippen molar-refractivity contribution < 1.29 is 34.2 Å². The third kappa shape index (κ3) is 20.4. The summed E-state index contributed by atoms with van der Waals surface area (Å²) >= 11 is 0. The first-order valence-electron chi connectivity index (χ1n) is 13.0. The predicted molar refractivity (Wildman–Crippen MR) is 131 cm³/mol. The maximum Gasteiger partial charge on any atom is 0.309 e. The van der Waals surface area contributed by atoms with Crippen molar-refractivity contribution >= 4 is 17.9 Å². The third-order valence-electron chi connectivity index (χ3n) is 6.28. The summed E-state index contributed by atoms with van der Waals surface area (Å²) in [7, 11) is 0. The molecule has 0 atom stereocenters. The van der Waals surface area contributed by atoms with Crippen LogP contribution in [-0.2, 0) is 14.4 Å². The van der Waals surface area contributed by atoms with Crippen molar-refractivity contribution in [3.63, 3.8) is 0 Å². The zero-order valence-electron chi connectivity index (χ0n) is 20.8. The zero-order chi connectivity index (χ0) is 24.8. The van der Waals surface area contributed by atoms with E-state index in [1.54, 1.807) is 0 Å². The van der Waals surface area contributed by atoms with Gasteiger partial charge in [0.2, 0.25) is 0 Å². The maximum atomic E-state index is 11.1. The van der Waals surface area contributed by atoms with Gasteiger partial charge in [0.15, 0.2) is 0 Å². The Hall–Kier alpha value is -1.89. The molecule has 0 aromatic carbocycles. The SMILES string of the molecule is CCC/C=C/CCCCCCCCCCCC[N+](CCC(=O)O)(CCC(=O)O)CCC(=O)O. The number of rotatable bonds is 24. The summed E-state index contributed by atoms with van der Waals surface area (Å²) in [5.41, 5.74) is 0. The number of hydrogen-bond acceptors (Lipinski definition) is 3. The van der Waals surface area contributed by atoms with Crippen molar-refractivity contribution in [2.45, 2.75) is 110 Å². The van der Waals surface area contributed by atoms with Gasteiger partial charge in [-0.25, -0.2) is 0 Å². The van der Waals surface area contributed by atoms with E-state index >= 15 is 0 Å². The van der Waals surface area contributed by atoms with Crippen molar-refractivity contribution in [2.75, 3.05) is 26.2 Å². The van der Waals surface area contributed by atoms with Gasteiger partial charge in [-0.05, 0) is 32.1 Å². The molecular formula is C26H48NO6+. The fourth-order valence-electron chi connectivity index (χ4n) is 4.20. The average molecular weight is 471 g/mol. The van der Waals surface area contributed by atoms with E-state index in [4.69, 9.17) is 15.3 Å². The van der Waals surface area contributed by atoms with Crippen LogP contribution in [-0.4, -0.2) is 63.9 Å². The van der Waals surface area contributed by atoms with E-state index in [-0.39, 0.29) is 43.4 Å². The van der Waals surface area contributed by atoms with Crippen LogP contribution in [0.2, 0.25) is 0 Å². The lowest BCUT2D eigenvalue weighted by molar-refractivity contribution is -0.927. The van der Waals surface area contributed by atoms with Gasteiger partial charge in [-0.3, -0.25) is 14.4 Å². The number of nitrogens with zero attached hydrogens (tertiary/aromatic N) is 1. The molecule has 0 heterocycles. The summed E-state index contributed by atoms with van der Waals surface area (Å²) in [5, 5.41) is 27.3. The first kappa shape index (κ1) is 31.1. The summed E-state index contributed by atoms with van der Waals surface area (Å²) in [5.74, 6) is -2.80. The van der Waals surface area contributed by atoms with Crippen molar-refractivity contribution in [3.8, 4) is 0 Å². The number of carboxylic acid groups (broad SMARTS) is 3. The standard InChI is InChI=1S/C26H47NO6/c1-2-3-4-5-6-7-8-9-10-11-12-13-14-15-16-20-27(21-17-24(28)29,22-18-25(30)31)23-19-26(32)33/h4-5H,2-3,6-23H2,1H3,(H2-,28,29,30,31,32,33)/p+1/b5-4+. The Morgan fingerprint density at radius 3 is 1.30 bits per heavy atom. The predicted octanol–water partition coefficient (Wildman–Crippen LogP) is 5.87. The Labute approximate surface area is 200 Å². The van der Waals surface area contributed by atoms with Crippen LogP contribution in [0.25, 0.3) is 0 Å². The molecule has 0 amide bonds. The second-order valence-electron chi connectivity index (χ2n) is 9.25. The number of quaternary nitrogens is 1. The highest BCUT2D eigenvalue weighted by Gasteiger charge is 2.29. The van der Waals surface area contributed by atoms with Crippen LogP contribution in [0.15, 0.2) is 12.2 Å². The lowest BCUT2D eigenvalue weighted by Crippen LogP contribution is -2.52. The Morgan fingerprint density at radius 1 is 0.545 bits per heavy atom. The van der Waals surface area contributed by atoms with E-state index in [0.717, 1.165) is 19.3 Å². The van der Waals surface area contributed by atoms with E-state index < -0.39 is 17.9 Å². The molecule has 0 radical (unpaired) electrons. The number of carbonyl (C=O) groups is 3. The van der Waals surface area contributed by atoms with Gasteiger partial charge in [0.1, 0.15) is 0 Å². The highest BCUT2D eigenvalue weighted by Crippen LogP contribution is 2.17. The molecule has 0 aliphatic heterocycles. The van der Waals surface area contributed by atoms with E-state index in [2.05, 4.69) is 19.1 Å². The first-order valence-corrected chi connectivity index (χ1v) is 13.0. The normalized spacial score (nSPS) is 11.8. The second-order valence-corrected chi connectivity index (χ2v) is 9.25. The smallest absolute Gasteiger partial charge is 0.309 e. The largest absolute Gasteiger partial charge is 0.481 e. The monoisotopic (exact) mass is 470 g/mol. The molecule has 0 bridgehead atoms. The minimum Gasteiger partial charge on any atom is -0.481 e. The Kier molecular flexibility index (Phi) is 19.5. The molecule has 33 heavy (non-hydrogen) atoms. The van der Waals surface area contributed by atoms with Gasteiger partial charge in [0, 0.05) is 0 Å². The van der Waals surface area contributed by atoms with Crippen LogP contribution in [0.3, 0.4) is 0 Å². The number of allylic oxidation sites excluding steroid dienone is 2. The molecule has 0 saturated heterocycles. The summed E-state index contributed by atoms with van der Waals surface area (Å²) in [6, 6.07) is 0. The Morgan fingerprint density at radius 2 is 0.909 bits per heavy atom. The molecule has 0 rings (SSSR count). The minimum atomic E-state index is -0.934. The first-order chi connectivity index (χ1) is 15.8. The van der Waals surface area contributed by atoms with E-state index in [0.29, 0.717) is 6.54 Å². The van der Waals surface area contributed by atoms with Gasteiger partial charge in [-0.1, -0.05) is 70.4 Å². The lowest BCUT2D eigenvalue weighted by atomic mass is 10.0. The van der Waals surface area contributed by atoms with Crippen molar-refractivity contribution in [2.24, 2.45) is 0 Å². The lowest BCUT2D eigenvalue weighted by Gasteiger charge is -2.38. The van der Waals surface area contributed by atoms with Gasteiger partial charge in [-0.2, -0.15) is 0 Å². The maximum absolute atomic E-state index is 11.1. The molecule has 0 spiro atoms. The average Bonchev–Trinajstić information content (AvgIpc) is 2.76. The zero-order valence-corrected chi connectivity index (χ0v) is 20.8. The Balaban J connectivity index is 4.14. The van der Waals surface area contributed by atoms with E-state index in [1.807, 2.05) is 0 Å². The molecule has 0 fully saturated rings. The molecule has 0 aliphatic carbocycles. The fourth-order valence-corrected chi connectivity index (χ4v) is 4.20. The summed E-state index contributed by atoms with van der Waals surface area (Å²) in [6.45, 7) is 3.68. The Bertz CT molecular complexity index is 515. The highest BCUT2D eigenvalue weighted by molar-refractivity contribution is 5.67. The van der Waals surface area contributed by atoms with Gasteiger partial charge in [0.05, 0.1) is 45.4 Å². The molecular weight excluding hydrogens is 422 g/mol. The quantitative estimate of drug-likeness (QED) is 0.0923. The molecule has 7 heteroatoms. The molecule has 192 valence electrons. The number of aliphatic carboxylic acids is 3. The number of carboxylic acids is 3. The topological polar surface area (TPSA) is 112 Å². The fraction of sp³-hybridized carbons (Fsp3) is 0.808. The van der Waals surface area contributed by atoms with Crippen molar-refractivity contribution in [3.05, 3.63) is 12.2 Å². The van der Waals surface area contributed by atoms with Crippen molar-refractivity contribution in [1.29, 1.82) is 0 Å². The molecule has 0 aliphatic rings. The summed E-state index contributed by atoms with van der Waals surface area (Å²) < 4.78 is 0.262. The molecule has 3 N–H and O–H groups in total. The molecule has 0 aromatic heterocycles. The summed E-state index contributed by atoms with van der Waals surface area (Å²) in [4.78, 5) is 33.3. The van der Waals surface area contributed by atoms with Gasteiger partial charge in [0.25, 0.3) is 0 Å². The summed E-state index contributed by atoms with van der Waals surface area (Å²) in [6.07, 6.45) is 19.8. The number of unbranched alkanes of at least 4 members (excludes halogenated alkanes) is 11. The second kappa shape index (κ2) is 20.7. The van der Waals surface area contributed by atoms with Gasteiger partial charge >= 0.3 is 17.9 Å². The number of hydrogen-bond donors (Lipinski definition) is 3. The molecule has 0 unspecified atom stereocenters. The van der Waals surface area contributed by atoms with Crippen LogP contribution >= 0.6 is 0 Å². The van der Waals surface area contributed by atoms with Crippen LogP contribution in [0, 0.1) is 0 Å². The van der Waals surface area contributed by atoms with Crippen LogP contribution < -0.4 is 0 Å². The van der Waals surface area contributed by atoms with E-state index in [9.17, 15) is 14.4 Å². The van der Waals surface area contributed by atoms with Crippen LogP contribution in [0.5, 0.6) is 0 Å². The highest BCUT2D eigenvalue weighted by atomic mass is 16.4.